The van der Waals surface area contributed by atoms with E-state index < -0.39 is 5.97 Å². The van der Waals surface area contributed by atoms with Crippen LogP contribution in [0.1, 0.15) is 23.6 Å². The summed E-state index contributed by atoms with van der Waals surface area (Å²) in [5.41, 5.74) is 5.87. The second-order valence-electron chi connectivity index (χ2n) is 4.89. The molecule has 0 fully saturated rings. The first-order chi connectivity index (χ1) is 9.74. The van der Waals surface area contributed by atoms with Gasteiger partial charge in [0.1, 0.15) is 5.75 Å². The molecule has 2 heteroatoms. The van der Waals surface area contributed by atoms with Gasteiger partial charge >= 0.3 is 5.97 Å². The van der Waals surface area contributed by atoms with Crippen LogP contribution in [0, 0.1) is 0 Å². The third kappa shape index (κ3) is 1.94. The number of carbonyl (C=O) groups excluding carboxylic acids is 1. The van der Waals surface area contributed by atoms with Crippen molar-refractivity contribution in [3.63, 3.8) is 0 Å². The number of esters is 1. The Morgan fingerprint density at radius 3 is 2.80 bits per heavy atom. The fourth-order valence-electron chi connectivity index (χ4n) is 2.78. The summed E-state index contributed by atoms with van der Waals surface area (Å²) in [6.45, 7) is 5.54. The minimum atomic E-state index is -0.399. The smallest absolute Gasteiger partial charge is 0.335 e. The lowest BCUT2D eigenvalue weighted by molar-refractivity contribution is -0.129. The summed E-state index contributed by atoms with van der Waals surface area (Å²) in [6, 6.07) is 12.5. The molecule has 0 radical (unpaired) electrons. The molecular formula is C18H16O2. The normalized spacial score (nSPS) is 11.7. The molecule has 0 heterocycles. The van der Waals surface area contributed by atoms with E-state index in [1.807, 2.05) is 18.2 Å². The minimum Gasteiger partial charge on any atom is -0.423 e. The van der Waals surface area contributed by atoms with E-state index in [1.54, 1.807) is 0 Å². The second-order valence-corrected chi connectivity index (χ2v) is 4.89. The van der Waals surface area contributed by atoms with Crippen LogP contribution >= 0.6 is 0 Å². The Balaban J connectivity index is 2.15. The van der Waals surface area contributed by atoms with E-state index in [9.17, 15) is 4.79 Å². The Morgan fingerprint density at radius 1 is 1.25 bits per heavy atom. The van der Waals surface area contributed by atoms with Gasteiger partial charge in [-0.25, -0.2) is 4.79 Å². The SMILES string of the molecule is C=CC(=O)Oc1c(CC)ccc2c1Cc1ccccc1-2. The van der Waals surface area contributed by atoms with Crippen LogP contribution < -0.4 is 4.74 Å². The minimum absolute atomic E-state index is 0.399. The quantitative estimate of drug-likeness (QED) is 0.407. The molecule has 0 aliphatic heterocycles. The van der Waals surface area contributed by atoms with Crippen molar-refractivity contribution in [1.29, 1.82) is 0 Å². The van der Waals surface area contributed by atoms with Gasteiger partial charge in [-0.2, -0.15) is 0 Å². The average Bonchev–Trinajstić information content (AvgIpc) is 2.86. The zero-order valence-corrected chi connectivity index (χ0v) is 11.5. The molecule has 0 unspecified atom stereocenters. The van der Waals surface area contributed by atoms with Gasteiger partial charge in [0, 0.05) is 18.1 Å². The van der Waals surface area contributed by atoms with Gasteiger partial charge in [-0.1, -0.05) is 49.9 Å². The highest BCUT2D eigenvalue weighted by Gasteiger charge is 2.24. The Morgan fingerprint density at radius 2 is 2.05 bits per heavy atom. The summed E-state index contributed by atoms with van der Waals surface area (Å²) < 4.78 is 5.50. The van der Waals surface area contributed by atoms with Gasteiger partial charge in [-0.3, -0.25) is 0 Å². The number of fused-ring (bicyclic) bond motifs is 3. The molecule has 0 aromatic heterocycles. The number of carbonyl (C=O) groups is 1. The van der Waals surface area contributed by atoms with Crippen molar-refractivity contribution < 1.29 is 9.53 Å². The van der Waals surface area contributed by atoms with Gasteiger partial charge in [0.25, 0.3) is 0 Å². The van der Waals surface area contributed by atoms with E-state index in [0.29, 0.717) is 5.75 Å². The lowest BCUT2D eigenvalue weighted by atomic mass is 10.0. The van der Waals surface area contributed by atoms with Gasteiger partial charge in [-0.15, -0.1) is 0 Å². The molecule has 2 aromatic carbocycles. The van der Waals surface area contributed by atoms with E-state index in [1.165, 1.54) is 22.8 Å². The summed E-state index contributed by atoms with van der Waals surface area (Å²) in [5.74, 6) is 0.315. The lowest BCUT2D eigenvalue weighted by Crippen LogP contribution is -2.07. The lowest BCUT2D eigenvalue weighted by Gasteiger charge is -2.12. The van der Waals surface area contributed by atoms with E-state index in [-0.39, 0.29) is 0 Å². The molecule has 0 bridgehead atoms. The number of aryl methyl sites for hydroxylation is 1. The van der Waals surface area contributed by atoms with E-state index in [4.69, 9.17) is 4.74 Å². The van der Waals surface area contributed by atoms with Crippen molar-refractivity contribution in [2.24, 2.45) is 0 Å². The molecule has 0 amide bonds. The number of rotatable bonds is 3. The van der Waals surface area contributed by atoms with Gasteiger partial charge in [0.15, 0.2) is 0 Å². The van der Waals surface area contributed by atoms with Crippen LogP contribution in [0.3, 0.4) is 0 Å². The Bertz CT molecular complexity index is 699. The van der Waals surface area contributed by atoms with Gasteiger partial charge < -0.3 is 4.74 Å². The molecule has 0 atom stereocenters. The number of hydrogen-bond acceptors (Lipinski definition) is 2. The fourth-order valence-corrected chi connectivity index (χ4v) is 2.78. The van der Waals surface area contributed by atoms with Crippen LogP contribution in [0.15, 0.2) is 49.1 Å². The maximum Gasteiger partial charge on any atom is 0.335 e. The zero-order chi connectivity index (χ0) is 14.1. The topological polar surface area (TPSA) is 26.3 Å². The maximum absolute atomic E-state index is 11.6. The van der Waals surface area contributed by atoms with Crippen LogP contribution in [0.2, 0.25) is 0 Å². The molecule has 1 aliphatic rings. The van der Waals surface area contributed by atoms with Crippen molar-refractivity contribution >= 4 is 5.97 Å². The fraction of sp³-hybridized carbons (Fsp3) is 0.167. The largest absolute Gasteiger partial charge is 0.423 e. The van der Waals surface area contributed by atoms with Crippen LogP contribution in [0.4, 0.5) is 0 Å². The first kappa shape index (κ1) is 12.7. The second kappa shape index (κ2) is 4.97. The third-order valence-electron chi connectivity index (χ3n) is 3.77. The summed E-state index contributed by atoms with van der Waals surface area (Å²) in [7, 11) is 0. The Kier molecular flexibility index (Phi) is 3.15. The molecule has 1 aliphatic carbocycles. The van der Waals surface area contributed by atoms with Crippen molar-refractivity contribution in [1.82, 2.24) is 0 Å². The van der Waals surface area contributed by atoms with Crippen molar-refractivity contribution in [2.45, 2.75) is 19.8 Å². The van der Waals surface area contributed by atoms with E-state index in [0.717, 1.165) is 24.0 Å². The Hall–Kier alpha value is -2.35. The highest BCUT2D eigenvalue weighted by atomic mass is 16.5. The summed E-state index contributed by atoms with van der Waals surface area (Å²) in [5, 5.41) is 0. The third-order valence-corrected chi connectivity index (χ3v) is 3.77. The summed E-state index contributed by atoms with van der Waals surface area (Å²) in [4.78, 5) is 11.6. The average molecular weight is 264 g/mol. The molecule has 100 valence electrons. The first-order valence-electron chi connectivity index (χ1n) is 6.82. The van der Waals surface area contributed by atoms with Crippen LogP contribution in [0.25, 0.3) is 11.1 Å². The molecule has 0 N–H and O–H groups in total. The molecular weight excluding hydrogens is 248 g/mol. The predicted molar refractivity (Wildman–Crippen MR) is 79.9 cm³/mol. The molecule has 20 heavy (non-hydrogen) atoms. The first-order valence-corrected chi connectivity index (χ1v) is 6.82. The molecule has 2 aromatic rings. The Labute approximate surface area is 118 Å². The van der Waals surface area contributed by atoms with Crippen LogP contribution in [0.5, 0.6) is 5.75 Å². The van der Waals surface area contributed by atoms with Gasteiger partial charge in [0.2, 0.25) is 0 Å². The summed E-state index contributed by atoms with van der Waals surface area (Å²) >= 11 is 0. The van der Waals surface area contributed by atoms with Crippen LogP contribution in [-0.2, 0) is 17.6 Å². The molecule has 3 rings (SSSR count). The molecule has 0 saturated carbocycles. The van der Waals surface area contributed by atoms with Crippen molar-refractivity contribution in [3.8, 4) is 16.9 Å². The zero-order valence-electron chi connectivity index (χ0n) is 11.5. The van der Waals surface area contributed by atoms with Gasteiger partial charge in [0.05, 0.1) is 0 Å². The molecule has 0 saturated heterocycles. The maximum atomic E-state index is 11.6. The number of ether oxygens (including phenoxy) is 1. The number of hydrogen-bond donors (Lipinski definition) is 0. The molecule has 2 nitrogen and oxygen atoms in total. The monoisotopic (exact) mass is 264 g/mol. The van der Waals surface area contributed by atoms with E-state index in [2.05, 4.69) is 31.7 Å². The highest BCUT2D eigenvalue weighted by molar-refractivity contribution is 5.86. The highest BCUT2D eigenvalue weighted by Crippen LogP contribution is 2.42. The van der Waals surface area contributed by atoms with E-state index >= 15 is 0 Å². The number of benzene rings is 2. The van der Waals surface area contributed by atoms with Crippen molar-refractivity contribution in [3.05, 3.63) is 65.7 Å². The van der Waals surface area contributed by atoms with Crippen molar-refractivity contribution in [2.75, 3.05) is 0 Å². The summed E-state index contributed by atoms with van der Waals surface area (Å²) in [6.07, 6.45) is 2.86. The van der Waals surface area contributed by atoms with Gasteiger partial charge in [-0.05, 0) is 28.7 Å². The standard InChI is InChI=1S/C18H16O2/c1-3-12-9-10-15-14-8-6-5-7-13(14)11-16(15)18(12)20-17(19)4-2/h4-10H,2-3,11H2,1H3. The predicted octanol–water partition coefficient (Wildman–Crippen LogP) is 3.91. The molecule has 0 spiro atoms. The van der Waals surface area contributed by atoms with Crippen LogP contribution in [-0.4, -0.2) is 5.97 Å².